The van der Waals surface area contributed by atoms with Crippen LogP contribution >= 0.6 is 0 Å². The fourth-order valence-electron chi connectivity index (χ4n) is 1.55. The Bertz CT molecular complexity index is 198. The lowest BCUT2D eigenvalue weighted by atomic mass is 10.2. The zero-order valence-corrected chi connectivity index (χ0v) is 11.2. The van der Waals surface area contributed by atoms with Gasteiger partial charge >= 0.3 is 0 Å². The molecule has 0 aliphatic rings. The monoisotopic (exact) mass is 243 g/mol. The van der Waals surface area contributed by atoms with Gasteiger partial charge in [0, 0.05) is 33.9 Å². The van der Waals surface area contributed by atoms with Gasteiger partial charge in [-0.2, -0.15) is 5.26 Å². The number of hydrogen-bond acceptors (Lipinski definition) is 5. The normalized spacial score (nSPS) is 12.6. The van der Waals surface area contributed by atoms with E-state index in [-0.39, 0.29) is 6.04 Å². The third-order valence-electron chi connectivity index (χ3n) is 2.56. The number of ether oxygens (including phenoxy) is 2. The average Bonchev–Trinajstić information content (AvgIpc) is 2.36. The number of rotatable bonds is 11. The summed E-state index contributed by atoms with van der Waals surface area (Å²) in [4.78, 5) is 2.26. The summed E-state index contributed by atoms with van der Waals surface area (Å²) in [6.07, 6.45) is 0.831. The third kappa shape index (κ3) is 9.07. The quantitative estimate of drug-likeness (QED) is 0.572. The topological polar surface area (TPSA) is 57.5 Å². The molecule has 0 aliphatic carbocycles. The molecule has 0 saturated heterocycles. The summed E-state index contributed by atoms with van der Waals surface area (Å²) in [5, 5.41) is 12.1. The van der Waals surface area contributed by atoms with E-state index in [9.17, 15) is 0 Å². The van der Waals surface area contributed by atoms with Crippen molar-refractivity contribution in [1.82, 2.24) is 10.2 Å². The molecule has 5 nitrogen and oxygen atoms in total. The Kier molecular flexibility index (Phi) is 11.3. The predicted molar refractivity (Wildman–Crippen MR) is 67.9 cm³/mol. The van der Waals surface area contributed by atoms with Crippen LogP contribution in [0.4, 0.5) is 0 Å². The number of methoxy groups -OCH3 is 2. The zero-order valence-electron chi connectivity index (χ0n) is 11.2. The fourth-order valence-corrected chi connectivity index (χ4v) is 1.55. The van der Waals surface area contributed by atoms with Gasteiger partial charge in [0.05, 0.1) is 25.3 Å². The van der Waals surface area contributed by atoms with E-state index in [0.29, 0.717) is 13.2 Å². The highest BCUT2D eigenvalue weighted by molar-refractivity contribution is 4.89. The van der Waals surface area contributed by atoms with E-state index >= 15 is 0 Å². The summed E-state index contributed by atoms with van der Waals surface area (Å²) < 4.78 is 10.1. The van der Waals surface area contributed by atoms with Gasteiger partial charge in [0.15, 0.2) is 0 Å². The molecule has 1 unspecified atom stereocenters. The molecular formula is C12H25N3O2. The van der Waals surface area contributed by atoms with Gasteiger partial charge in [0.25, 0.3) is 0 Å². The van der Waals surface area contributed by atoms with Crippen molar-refractivity contribution in [1.29, 1.82) is 5.26 Å². The molecule has 0 aromatic rings. The van der Waals surface area contributed by atoms with Crippen molar-refractivity contribution in [2.75, 3.05) is 53.6 Å². The van der Waals surface area contributed by atoms with Crippen LogP contribution in [-0.2, 0) is 9.47 Å². The molecule has 0 aromatic heterocycles. The van der Waals surface area contributed by atoms with Crippen LogP contribution in [0.2, 0.25) is 0 Å². The average molecular weight is 243 g/mol. The lowest BCUT2D eigenvalue weighted by Gasteiger charge is -2.22. The Labute approximate surface area is 105 Å². The SMILES string of the molecule is CCNC(C#N)CCN(CCOC)CCOC. The van der Waals surface area contributed by atoms with Crippen LogP contribution in [0.3, 0.4) is 0 Å². The molecule has 0 fully saturated rings. The van der Waals surface area contributed by atoms with Crippen LogP contribution in [0.15, 0.2) is 0 Å². The third-order valence-corrected chi connectivity index (χ3v) is 2.56. The molecule has 0 rings (SSSR count). The minimum Gasteiger partial charge on any atom is -0.383 e. The Hall–Kier alpha value is -0.670. The van der Waals surface area contributed by atoms with Gasteiger partial charge in [-0.25, -0.2) is 0 Å². The zero-order chi connectivity index (χ0) is 12.9. The highest BCUT2D eigenvalue weighted by Crippen LogP contribution is 1.97. The van der Waals surface area contributed by atoms with Crippen LogP contribution in [0.5, 0.6) is 0 Å². The molecule has 0 radical (unpaired) electrons. The van der Waals surface area contributed by atoms with Crippen molar-refractivity contribution in [3.05, 3.63) is 0 Å². The summed E-state index contributed by atoms with van der Waals surface area (Å²) in [5.74, 6) is 0. The Balaban J connectivity index is 3.90. The standard InChI is InChI=1S/C12H25N3O2/c1-4-14-12(11-13)5-6-15(7-9-16-2)8-10-17-3/h12,14H,4-10H2,1-3H3. The fraction of sp³-hybridized carbons (Fsp3) is 0.917. The summed E-state index contributed by atoms with van der Waals surface area (Å²) in [7, 11) is 3.40. The Morgan fingerprint density at radius 3 is 2.18 bits per heavy atom. The summed E-state index contributed by atoms with van der Waals surface area (Å²) in [6.45, 7) is 6.91. The second-order valence-corrected chi connectivity index (χ2v) is 3.86. The van der Waals surface area contributed by atoms with Crippen LogP contribution in [0.25, 0.3) is 0 Å². The number of hydrogen-bond donors (Lipinski definition) is 1. The van der Waals surface area contributed by atoms with Crippen LogP contribution in [0, 0.1) is 11.3 Å². The number of nitriles is 1. The number of nitrogens with one attached hydrogen (secondary N) is 1. The summed E-state index contributed by atoms with van der Waals surface area (Å²) in [6, 6.07) is 2.21. The van der Waals surface area contributed by atoms with Gasteiger partial charge in [0.1, 0.15) is 0 Å². The maximum Gasteiger partial charge on any atom is 0.0965 e. The Morgan fingerprint density at radius 1 is 1.18 bits per heavy atom. The van der Waals surface area contributed by atoms with Gasteiger partial charge < -0.3 is 14.8 Å². The van der Waals surface area contributed by atoms with E-state index < -0.39 is 0 Å². The maximum atomic E-state index is 8.94. The number of nitrogens with zero attached hydrogens (tertiary/aromatic N) is 2. The first-order valence-corrected chi connectivity index (χ1v) is 6.11. The molecule has 0 aliphatic heterocycles. The molecule has 0 amide bonds. The lowest BCUT2D eigenvalue weighted by molar-refractivity contribution is 0.112. The smallest absolute Gasteiger partial charge is 0.0965 e. The van der Waals surface area contributed by atoms with Crippen molar-refractivity contribution in [2.24, 2.45) is 0 Å². The van der Waals surface area contributed by atoms with Crippen molar-refractivity contribution in [2.45, 2.75) is 19.4 Å². The van der Waals surface area contributed by atoms with Gasteiger partial charge in [-0.3, -0.25) is 4.90 Å². The molecule has 0 heterocycles. The Morgan fingerprint density at radius 2 is 1.76 bits per heavy atom. The van der Waals surface area contributed by atoms with E-state index in [1.54, 1.807) is 14.2 Å². The van der Waals surface area contributed by atoms with Gasteiger partial charge in [0.2, 0.25) is 0 Å². The molecule has 0 aromatic carbocycles. The van der Waals surface area contributed by atoms with Gasteiger partial charge in [-0.05, 0) is 13.0 Å². The van der Waals surface area contributed by atoms with Gasteiger partial charge in [-0.1, -0.05) is 6.92 Å². The van der Waals surface area contributed by atoms with Crippen molar-refractivity contribution >= 4 is 0 Å². The first-order valence-electron chi connectivity index (χ1n) is 6.11. The highest BCUT2D eigenvalue weighted by atomic mass is 16.5. The van der Waals surface area contributed by atoms with Crippen molar-refractivity contribution < 1.29 is 9.47 Å². The second kappa shape index (κ2) is 11.8. The summed E-state index contributed by atoms with van der Waals surface area (Å²) in [5.41, 5.74) is 0. The predicted octanol–water partition coefficient (Wildman–Crippen LogP) is 0.473. The van der Waals surface area contributed by atoms with E-state index in [4.69, 9.17) is 14.7 Å². The van der Waals surface area contributed by atoms with Crippen LogP contribution < -0.4 is 5.32 Å². The highest BCUT2D eigenvalue weighted by Gasteiger charge is 2.09. The largest absolute Gasteiger partial charge is 0.383 e. The van der Waals surface area contributed by atoms with Crippen molar-refractivity contribution in [3.63, 3.8) is 0 Å². The van der Waals surface area contributed by atoms with E-state index in [1.165, 1.54) is 0 Å². The first kappa shape index (κ1) is 16.3. The van der Waals surface area contributed by atoms with Gasteiger partial charge in [-0.15, -0.1) is 0 Å². The molecular weight excluding hydrogens is 218 g/mol. The van der Waals surface area contributed by atoms with Crippen molar-refractivity contribution in [3.8, 4) is 6.07 Å². The molecule has 1 atom stereocenters. The molecule has 0 spiro atoms. The minimum absolute atomic E-state index is 0.0624. The molecule has 0 bridgehead atoms. The summed E-state index contributed by atoms with van der Waals surface area (Å²) >= 11 is 0. The minimum atomic E-state index is -0.0624. The second-order valence-electron chi connectivity index (χ2n) is 3.86. The molecule has 100 valence electrons. The lowest BCUT2D eigenvalue weighted by Crippen LogP contribution is -2.36. The molecule has 0 saturated carbocycles. The van der Waals surface area contributed by atoms with E-state index in [1.807, 2.05) is 6.92 Å². The maximum absolute atomic E-state index is 8.94. The molecule has 1 N–H and O–H groups in total. The van der Waals surface area contributed by atoms with Crippen LogP contribution in [-0.4, -0.2) is 64.6 Å². The van der Waals surface area contributed by atoms with E-state index in [2.05, 4.69) is 16.3 Å². The first-order chi connectivity index (χ1) is 8.28. The van der Waals surface area contributed by atoms with E-state index in [0.717, 1.165) is 32.6 Å². The van der Waals surface area contributed by atoms with Crippen LogP contribution in [0.1, 0.15) is 13.3 Å². The molecule has 5 heteroatoms. The molecule has 17 heavy (non-hydrogen) atoms.